The van der Waals surface area contributed by atoms with Gasteiger partial charge in [-0.15, -0.1) is 0 Å². The van der Waals surface area contributed by atoms with E-state index >= 15 is 0 Å². The zero-order valence-corrected chi connectivity index (χ0v) is 68.3. The topological polar surface area (TPSA) is 237 Å². The number of rotatable bonds is 79. The van der Waals surface area contributed by atoms with Gasteiger partial charge in [-0.1, -0.05) is 370 Å². The van der Waals surface area contributed by atoms with E-state index in [0.717, 1.165) is 114 Å². The molecule has 0 aliphatic heterocycles. The summed E-state index contributed by atoms with van der Waals surface area (Å²) in [5, 5.41) is 10.6. The van der Waals surface area contributed by atoms with Crippen LogP contribution in [0.4, 0.5) is 0 Å². The van der Waals surface area contributed by atoms with Crippen LogP contribution in [0, 0.1) is 23.7 Å². The largest absolute Gasteiger partial charge is 0.472 e. The maximum atomic E-state index is 13.1. The van der Waals surface area contributed by atoms with E-state index in [1.165, 1.54) is 218 Å². The molecule has 0 aliphatic carbocycles. The molecular formula is C82H160O17P2. The molecule has 0 aromatic carbocycles. The van der Waals surface area contributed by atoms with E-state index in [0.29, 0.717) is 31.6 Å². The maximum absolute atomic E-state index is 13.1. The molecule has 17 nitrogen and oxygen atoms in total. The smallest absolute Gasteiger partial charge is 0.462 e. The van der Waals surface area contributed by atoms with Crippen molar-refractivity contribution in [3.63, 3.8) is 0 Å². The number of ether oxygens (including phenoxy) is 4. The van der Waals surface area contributed by atoms with Gasteiger partial charge in [0.25, 0.3) is 0 Å². The number of carbonyl (C=O) groups excluding carboxylic acids is 4. The van der Waals surface area contributed by atoms with Crippen LogP contribution in [0.3, 0.4) is 0 Å². The average molecular weight is 1480 g/mol. The molecule has 0 spiro atoms. The Bertz CT molecular complexity index is 1980. The Morgan fingerprint density at radius 2 is 0.475 bits per heavy atom. The summed E-state index contributed by atoms with van der Waals surface area (Å²) in [5.74, 6) is 0.990. The molecule has 19 heteroatoms. The second-order valence-corrected chi connectivity index (χ2v) is 33.9. The van der Waals surface area contributed by atoms with E-state index in [4.69, 9.17) is 37.0 Å². The molecule has 0 amide bonds. The van der Waals surface area contributed by atoms with Gasteiger partial charge in [0.05, 0.1) is 26.4 Å². The van der Waals surface area contributed by atoms with E-state index in [-0.39, 0.29) is 25.7 Å². The van der Waals surface area contributed by atoms with Crippen LogP contribution >= 0.6 is 15.6 Å². The van der Waals surface area contributed by atoms with Gasteiger partial charge in [0, 0.05) is 25.7 Å². The Labute approximate surface area is 619 Å². The Morgan fingerprint density at radius 3 is 0.703 bits per heavy atom. The van der Waals surface area contributed by atoms with Crippen LogP contribution in [0.5, 0.6) is 0 Å². The fraction of sp³-hybridized carbons (Fsp3) is 0.951. The van der Waals surface area contributed by atoms with E-state index in [1.54, 1.807) is 0 Å². The summed E-state index contributed by atoms with van der Waals surface area (Å²) in [7, 11) is -9.92. The van der Waals surface area contributed by atoms with E-state index < -0.39 is 97.5 Å². The molecule has 5 unspecified atom stereocenters. The zero-order valence-electron chi connectivity index (χ0n) is 66.5. The van der Waals surface area contributed by atoms with Crippen LogP contribution in [0.1, 0.15) is 421 Å². The predicted octanol–water partition coefficient (Wildman–Crippen LogP) is 24.4. The Morgan fingerprint density at radius 1 is 0.277 bits per heavy atom. The first kappa shape index (κ1) is 99.1. The summed E-state index contributed by atoms with van der Waals surface area (Å²) in [5.41, 5.74) is 0. The Kier molecular flexibility index (Phi) is 69.6. The molecule has 0 radical (unpaired) electrons. The minimum atomic E-state index is -4.96. The molecule has 0 rings (SSSR count). The van der Waals surface area contributed by atoms with E-state index in [2.05, 4.69) is 55.4 Å². The van der Waals surface area contributed by atoms with Crippen molar-refractivity contribution < 1.29 is 80.2 Å². The van der Waals surface area contributed by atoms with Gasteiger partial charge in [0.2, 0.25) is 0 Å². The van der Waals surface area contributed by atoms with Gasteiger partial charge in [0.1, 0.15) is 19.3 Å². The van der Waals surface area contributed by atoms with Crippen molar-refractivity contribution in [3.8, 4) is 0 Å². The second-order valence-electron chi connectivity index (χ2n) is 31.0. The molecule has 600 valence electrons. The summed E-state index contributed by atoms with van der Waals surface area (Å²) in [6.45, 7) is 14.2. The normalized spacial score (nSPS) is 14.5. The molecule has 7 atom stereocenters. The van der Waals surface area contributed by atoms with Crippen molar-refractivity contribution in [1.29, 1.82) is 0 Å². The van der Waals surface area contributed by atoms with Crippen molar-refractivity contribution in [2.45, 2.75) is 440 Å². The number of aliphatic hydroxyl groups excluding tert-OH is 1. The van der Waals surface area contributed by atoms with Gasteiger partial charge in [-0.25, -0.2) is 9.13 Å². The molecule has 101 heavy (non-hydrogen) atoms. The van der Waals surface area contributed by atoms with E-state index in [9.17, 15) is 43.2 Å². The summed E-state index contributed by atoms with van der Waals surface area (Å²) in [6, 6.07) is 0. The quantitative estimate of drug-likeness (QED) is 0.0222. The van der Waals surface area contributed by atoms with Crippen LogP contribution < -0.4 is 0 Å². The highest BCUT2D eigenvalue weighted by atomic mass is 31.2. The van der Waals surface area contributed by atoms with Crippen molar-refractivity contribution in [2.75, 3.05) is 39.6 Å². The van der Waals surface area contributed by atoms with Gasteiger partial charge in [0.15, 0.2) is 12.2 Å². The SMILES string of the molecule is CCC(C)CCCCCCCCCCCCCCCCCCCCC(=O)O[C@H](COC(=O)CCCCCCCCCC(C)C)COP(=O)(O)OCC(O)COP(=O)(O)OC[C@@H](COC(=O)CCCCCCCCCCCCCCCCCCC(C)C)OC(=O)CCCCCCCCC(C)CC. The number of phosphoric acid groups is 2. The summed E-state index contributed by atoms with van der Waals surface area (Å²) in [4.78, 5) is 73.0. The third-order valence-electron chi connectivity index (χ3n) is 19.8. The van der Waals surface area contributed by atoms with Crippen LogP contribution in [-0.2, 0) is 65.4 Å². The third kappa shape index (κ3) is 73.4. The Hall–Kier alpha value is -1.94. The first-order valence-electron chi connectivity index (χ1n) is 42.3. The monoisotopic (exact) mass is 1480 g/mol. The van der Waals surface area contributed by atoms with Crippen molar-refractivity contribution in [1.82, 2.24) is 0 Å². The highest BCUT2D eigenvalue weighted by Crippen LogP contribution is 2.45. The maximum Gasteiger partial charge on any atom is 0.472 e. The molecular weight excluding hydrogens is 1320 g/mol. The summed E-state index contributed by atoms with van der Waals surface area (Å²) >= 11 is 0. The van der Waals surface area contributed by atoms with Crippen LogP contribution in [-0.4, -0.2) is 96.7 Å². The summed E-state index contributed by atoms with van der Waals surface area (Å²) in [6.07, 6.45) is 58.6. The highest BCUT2D eigenvalue weighted by Gasteiger charge is 2.30. The number of phosphoric ester groups is 2. The minimum Gasteiger partial charge on any atom is -0.462 e. The van der Waals surface area contributed by atoms with Crippen LogP contribution in [0.15, 0.2) is 0 Å². The van der Waals surface area contributed by atoms with Crippen LogP contribution in [0.25, 0.3) is 0 Å². The standard InChI is InChI=1S/C82H160O17P2/c1-9-74(7)60-52-44-36-30-26-22-18-13-11-12-14-20-24-28-32-38-48-56-64-81(86)98-77(68-93-80(85)63-55-47-39-33-35-43-51-59-73(5)6)70-96-100(88,89)94-66-76(83)67-95-101(90,91)97-71-78(99-82(87)65-57-49-41-40-45-53-61-75(8)10-2)69-92-79(84)62-54-46-37-31-27-23-19-16-15-17-21-25-29-34-42-50-58-72(3)4/h72-78,83H,9-71H2,1-8H3,(H,88,89)(H,90,91)/t74?,75?,76?,77-,78-/m1/s1. The lowest BCUT2D eigenvalue weighted by Crippen LogP contribution is -2.30. The molecule has 0 saturated heterocycles. The molecule has 0 aromatic rings. The molecule has 0 saturated carbocycles. The summed E-state index contributed by atoms with van der Waals surface area (Å²) < 4.78 is 68.6. The van der Waals surface area contributed by atoms with Crippen molar-refractivity contribution in [2.24, 2.45) is 23.7 Å². The number of aliphatic hydroxyl groups is 1. The number of unbranched alkanes of at least 4 members (excludes halogenated alkanes) is 43. The van der Waals surface area contributed by atoms with Crippen LogP contribution in [0.2, 0.25) is 0 Å². The Balaban J connectivity index is 5.13. The lowest BCUT2D eigenvalue weighted by atomic mass is 9.99. The molecule has 0 aromatic heterocycles. The lowest BCUT2D eigenvalue weighted by molar-refractivity contribution is -0.161. The van der Waals surface area contributed by atoms with Gasteiger partial charge in [-0.3, -0.25) is 37.3 Å². The fourth-order valence-electron chi connectivity index (χ4n) is 12.5. The van der Waals surface area contributed by atoms with Crippen molar-refractivity contribution >= 4 is 39.5 Å². The number of carbonyl (C=O) groups is 4. The lowest BCUT2D eigenvalue weighted by Gasteiger charge is -2.21. The molecule has 0 bridgehead atoms. The average Bonchev–Trinajstić information content (AvgIpc) is 0.933. The second kappa shape index (κ2) is 71.0. The fourth-order valence-corrected chi connectivity index (χ4v) is 14.1. The van der Waals surface area contributed by atoms with Crippen molar-refractivity contribution in [3.05, 3.63) is 0 Å². The van der Waals surface area contributed by atoms with Gasteiger partial charge >= 0.3 is 39.5 Å². The predicted molar refractivity (Wildman–Crippen MR) is 414 cm³/mol. The number of hydrogen-bond acceptors (Lipinski definition) is 15. The van der Waals surface area contributed by atoms with Gasteiger partial charge < -0.3 is 33.8 Å². The van der Waals surface area contributed by atoms with E-state index in [1.807, 2.05) is 0 Å². The first-order chi connectivity index (χ1) is 48.7. The number of esters is 4. The van der Waals surface area contributed by atoms with Gasteiger partial charge in [-0.05, 0) is 49.4 Å². The third-order valence-corrected chi connectivity index (χ3v) is 21.7. The first-order valence-corrected chi connectivity index (χ1v) is 45.3. The highest BCUT2D eigenvalue weighted by molar-refractivity contribution is 7.47. The molecule has 3 N–H and O–H groups in total. The zero-order chi connectivity index (χ0) is 74.6. The molecule has 0 aliphatic rings. The molecule has 0 fully saturated rings. The van der Waals surface area contributed by atoms with Gasteiger partial charge in [-0.2, -0.15) is 0 Å². The number of hydrogen-bond donors (Lipinski definition) is 3. The minimum absolute atomic E-state index is 0.103. The molecule has 0 heterocycles.